The van der Waals surface area contributed by atoms with E-state index in [9.17, 15) is 0 Å². The van der Waals surface area contributed by atoms with Gasteiger partial charge in [0.2, 0.25) is 0 Å². The van der Waals surface area contributed by atoms with Crippen LogP contribution in [0.1, 0.15) is 34.1 Å². The molecule has 1 unspecified atom stereocenters. The molecule has 0 aromatic heterocycles. The molecule has 1 rings (SSSR count). The summed E-state index contributed by atoms with van der Waals surface area (Å²) in [4.78, 5) is 6.54. The van der Waals surface area contributed by atoms with Gasteiger partial charge in [-0.25, -0.2) is 0 Å². The van der Waals surface area contributed by atoms with Gasteiger partial charge in [-0.3, -0.25) is 4.99 Å². The van der Waals surface area contributed by atoms with Gasteiger partial charge in [0.15, 0.2) is 0 Å². The summed E-state index contributed by atoms with van der Waals surface area (Å²) in [5, 5.41) is 0. The molecule has 0 spiro atoms. The van der Waals surface area contributed by atoms with Crippen molar-refractivity contribution in [3.8, 4) is 0 Å². The molecule has 1 heterocycles. The van der Waals surface area contributed by atoms with Crippen molar-refractivity contribution in [3.63, 3.8) is 0 Å². The second kappa shape index (κ2) is 4.63. The predicted molar refractivity (Wildman–Crippen MR) is 62.4 cm³/mol. The van der Waals surface area contributed by atoms with Crippen LogP contribution in [0.3, 0.4) is 0 Å². The third-order valence-corrected chi connectivity index (χ3v) is 2.92. The molecule has 1 fully saturated rings. The van der Waals surface area contributed by atoms with E-state index in [2.05, 4.69) is 44.3 Å². The molecule has 1 aliphatic heterocycles. The lowest BCUT2D eigenvalue weighted by molar-refractivity contribution is 0.362. The smallest absolute Gasteiger partial charge is 0.0559 e. The van der Waals surface area contributed by atoms with Gasteiger partial charge >= 0.3 is 0 Å². The zero-order chi connectivity index (χ0) is 10.7. The zero-order valence-electron chi connectivity index (χ0n) is 9.88. The van der Waals surface area contributed by atoms with Crippen molar-refractivity contribution < 1.29 is 0 Å². The van der Waals surface area contributed by atoms with Crippen LogP contribution < -0.4 is 0 Å². The molecule has 0 saturated carbocycles. The number of nitrogens with zero attached hydrogens (tertiary/aromatic N) is 2. The Bertz CT molecular complexity index is 241. The van der Waals surface area contributed by atoms with E-state index in [-0.39, 0.29) is 0 Å². The first-order chi connectivity index (χ1) is 6.56. The van der Waals surface area contributed by atoms with E-state index in [1.54, 1.807) is 0 Å². The van der Waals surface area contributed by atoms with Gasteiger partial charge in [0, 0.05) is 18.8 Å². The fraction of sp³-hybridized carbons (Fsp3) is 0.750. The van der Waals surface area contributed by atoms with Crippen molar-refractivity contribution in [2.24, 2.45) is 16.8 Å². The number of hydrogen-bond donors (Lipinski definition) is 0. The molecule has 14 heavy (non-hydrogen) atoms. The van der Waals surface area contributed by atoms with Gasteiger partial charge in [-0.2, -0.15) is 0 Å². The van der Waals surface area contributed by atoms with Crippen molar-refractivity contribution in [1.82, 2.24) is 4.90 Å². The maximum Gasteiger partial charge on any atom is 0.0559 e. The van der Waals surface area contributed by atoms with Crippen molar-refractivity contribution in [3.05, 3.63) is 11.4 Å². The van der Waals surface area contributed by atoms with E-state index in [1.807, 2.05) is 0 Å². The van der Waals surface area contributed by atoms with Gasteiger partial charge in [-0.05, 0) is 31.9 Å². The van der Waals surface area contributed by atoms with Crippen LogP contribution in [0.25, 0.3) is 0 Å². The monoisotopic (exact) mass is 194 g/mol. The second-order valence-electron chi connectivity index (χ2n) is 4.62. The number of likely N-dealkylation sites (tertiary alicyclic amines) is 1. The van der Waals surface area contributed by atoms with Crippen LogP contribution in [0.4, 0.5) is 0 Å². The highest BCUT2D eigenvalue weighted by molar-refractivity contribution is 5.30. The Balaban J connectivity index is 2.84. The fourth-order valence-electron chi connectivity index (χ4n) is 2.25. The molecule has 2 heteroatoms. The highest BCUT2D eigenvalue weighted by Gasteiger charge is 2.23. The number of hydrogen-bond acceptors (Lipinski definition) is 2. The van der Waals surface area contributed by atoms with E-state index in [4.69, 9.17) is 0 Å². The summed E-state index contributed by atoms with van der Waals surface area (Å²) in [6.07, 6.45) is 1.31. The molecule has 0 aromatic rings. The summed E-state index contributed by atoms with van der Waals surface area (Å²) in [6.45, 7) is 14.8. The van der Waals surface area contributed by atoms with E-state index in [0.717, 1.165) is 11.6 Å². The van der Waals surface area contributed by atoms with E-state index in [0.29, 0.717) is 5.92 Å². The van der Waals surface area contributed by atoms with Gasteiger partial charge in [0.05, 0.1) is 5.70 Å². The maximum absolute atomic E-state index is 4.07. The molecule has 0 aromatic carbocycles. The number of rotatable bonds is 3. The molecule has 80 valence electrons. The Hall–Kier alpha value is -0.790. The molecule has 1 saturated heterocycles. The van der Waals surface area contributed by atoms with Crippen LogP contribution in [-0.2, 0) is 0 Å². The van der Waals surface area contributed by atoms with Gasteiger partial charge in [0.25, 0.3) is 0 Å². The summed E-state index contributed by atoms with van der Waals surface area (Å²) < 4.78 is 0. The number of allylic oxidation sites excluding steroid dienone is 2. The lowest BCUT2D eigenvalue weighted by Crippen LogP contribution is -2.24. The molecule has 0 bridgehead atoms. The molecule has 0 amide bonds. The van der Waals surface area contributed by atoms with Crippen LogP contribution >= 0.6 is 0 Å². The molecule has 1 aliphatic rings. The molecule has 0 radical (unpaired) electrons. The quantitative estimate of drug-likeness (QED) is 0.631. The molecular weight excluding hydrogens is 172 g/mol. The van der Waals surface area contributed by atoms with Crippen molar-refractivity contribution >= 4 is 6.72 Å². The first-order valence-corrected chi connectivity index (χ1v) is 5.48. The SMILES string of the molecule is C=N/C(C)=C(/C(C)C)N1CCC(C)C1. The predicted octanol–water partition coefficient (Wildman–Crippen LogP) is 2.92. The molecule has 1 atom stereocenters. The summed E-state index contributed by atoms with van der Waals surface area (Å²) in [7, 11) is 0. The van der Waals surface area contributed by atoms with Crippen LogP contribution in [0, 0.1) is 11.8 Å². The maximum atomic E-state index is 4.07. The lowest BCUT2D eigenvalue weighted by atomic mass is 10.1. The van der Waals surface area contributed by atoms with Crippen molar-refractivity contribution in [2.75, 3.05) is 13.1 Å². The van der Waals surface area contributed by atoms with E-state index in [1.165, 1.54) is 25.2 Å². The fourth-order valence-corrected chi connectivity index (χ4v) is 2.25. The summed E-state index contributed by atoms with van der Waals surface area (Å²) in [5.74, 6) is 1.37. The molecule has 2 nitrogen and oxygen atoms in total. The van der Waals surface area contributed by atoms with Gasteiger partial charge in [0.1, 0.15) is 0 Å². The highest BCUT2D eigenvalue weighted by atomic mass is 15.2. The first-order valence-electron chi connectivity index (χ1n) is 5.48. The third kappa shape index (κ3) is 2.37. The van der Waals surface area contributed by atoms with Gasteiger partial charge in [-0.15, -0.1) is 0 Å². The summed E-state index contributed by atoms with van der Waals surface area (Å²) >= 11 is 0. The zero-order valence-corrected chi connectivity index (χ0v) is 9.88. The van der Waals surface area contributed by atoms with E-state index < -0.39 is 0 Å². The second-order valence-corrected chi connectivity index (χ2v) is 4.62. The van der Waals surface area contributed by atoms with Crippen molar-refractivity contribution in [1.29, 1.82) is 0 Å². The largest absolute Gasteiger partial charge is 0.373 e. The average molecular weight is 194 g/mol. The molecule has 0 N–H and O–H groups in total. The third-order valence-electron chi connectivity index (χ3n) is 2.92. The standard InChI is InChI=1S/C12H22N2/c1-9(2)12(11(4)13-5)14-7-6-10(3)8-14/h9-10H,5-8H2,1-4H3/b12-11-. The van der Waals surface area contributed by atoms with Crippen molar-refractivity contribution in [2.45, 2.75) is 34.1 Å². The van der Waals surface area contributed by atoms with Gasteiger partial charge in [-0.1, -0.05) is 20.8 Å². The van der Waals surface area contributed by atoms with E-state index >= 15 is 0 Å². The van der Waals surface area contributed by atoms with Crippen LogP contribution in [0.15, 0.2) is 16.4 Å². The highest BCUT2D eigenvalue weighted by Crippen LogP contribution is 2.26. The van der Waals surface area contributed by atoms with Crippen LogP contribution in [0.2, 0.25) is 0 Å². The molecule has 0 aliphatic carbocycles. The topological polar surface area (TPSA) is 15.6 Å². The molecular formula is C12H22N2. The summed E-state index contributed by atoms with van der Waals surface area (Å²) in [5.41, 5.74) is 2.47. The first kappa shape index (κ1) is 11.3. The Morgan fingerprint density at radius 3 is 2.50 bits per heavy atom. The Labute approximate surface area is 87.7 Å². The Kier molecular flexibility index (Phi) is 3.73. The Morgan fingerprint density at radius 2 is 2.14 bits per heavy atom. The minimum Gasteiger partial charge on any atom is -0.373 e. The average Bonchev–Trinajstić information content (AvgIpc) is 2.51. The minimum absolute atomic E-state index is 0.547. The normalized spacial score (nSPS) is 24.1. The number of aliphatic imine (C=N–C) groups is 1. The summed E-state index contributed by atoms with van der Waals surface area (Å²) in [6, 6.07) is 0. The van der Waals surface area contributed by atoms with Crippen LogP contribution in [0.5, 0.6) is 0 Å². The Morgan fingerprint density at radius 1 is 1.50 bits per heavy atom. The van der Waals surface area contributed by atoms with Crippen LogP contribution in [-0.4, -0.2) is 24.7 Å². The minimum atomic E-state index is 0.547. The van der Waals surface area contributed by atoms with Gasteiger partial charge < -0.3 is 4.90 Å². The lowest BCUT2D eigenvalue weighted by Gasteiger charge is -2.26.